The Morgan fingerprint density at radius 2 is 0.591 bits per heavy atom. The normalized spacial score (nSPS) is 13.0. The minimum absolute atomic E-state index is 0.0666. The van der Waals surface area contributed by atoms with Gasteiger partial charge in [0.1, 0.15) is 5.75 Å². The van der Waals surface area contributed by atoms with Gasteiger partial charge in [-0.05, 0) is 23.0 Å². The first-order chi connectivity index (χ1) is 29.3. The molecule has 0 aromatic heterocycles. The molecule has 5 nitrogen and oxygen atoms in total. The maximum absolute atomic E-state index is 11.0. The van der Waals surface area contributed by atoms with Crippen LogP contribution in [-0.2, 0) is 43.3 Å². The van der Waals surface area contributed by atoms with E-state index in [9.17, 15) is 20.4 Å². The second-order valence-corrected chi connectivity index (χ2v) is 32.1. The van der Waals surface area contributed by atoms with Crippen LogP contribution in [-0.4, -0.2) is 49.2 Å². The van der Waals surface area contributed by atoms with Crippen molar-refractivity contribution >= 4 is 60.5 Å². The standard InChI is InChI=1S/C28H42O2SSe.C15H21NOSe.C14H22OS/c1-25(2,3)19-13-17(14-20(23(19)29)26(4,5)6)31-32-18-15-21(27(7,8)9)24(30)22(16-18)28(10,11)12;1-14(2,3)11-7-10(18-9-16)8-12(13(11)17)15(4,5)6;1-13(2,3)10-7-9(16)8-11(12(10)15)14(4,5)6/h13-16,29-30H,1-12H3;7-8,17H,1-6H3;7-8,15-16H,1-6H3. The molecule has 0 aliphatic heterocycles. The molecular weight excluding hydrogens is 985 g/mol. The first kappa shape index (κ1) is 59.4. The fourth-order valence-corrected chi connectivity index (χ4v) is 12.1. The van der Waals surface area contributed by atoms with E-state index < -0.39 is 0 Å². The van der Waals surface area contributed by atoms with E-state index in [0.29, 0.717) is 23.0 Å². The molecule has 0 unspecified atom stereocenters. The average Bonchev–Trinajstić information content (AvgIpc) is 3.10. The number of nitrogens with zero attached hydrogens (tertiary/aromatic N) is 1. The van der Waals surface area contributed by atoms with Crippen LogP contribution in [0.15, 0.2) is 58.3 Å². The summed E-state index contributed by atoms with van der Waals surface area (Å²) < 4.78 is 2.32. The second kappa shape index (κ2) is 21.1. The van der Waals surface area contributed by atoms with Crippen LogP contribution in [0.2, 0.25) is 0 Å². The quantitative estimate of drug-likeness (QED) is 0.103. The van der Waals surface area contributed by atoms with Gasteiger partial charge in [0.25, 0.3) is 0 Å². The van der Waals surface area contributed by atoms with Crippen molar-refractivity contribution in [2.24, 2.45) is 0 Å². The van der Waals surface area contributed by atoms with Crippen LogP contribution in [0, 0.1) is 10.2 Å². The molecule has 0 bridgehead atoms. The van der Waals surface area contributed by atoms with Crippen LogP contribution in [0.1, 0.15) is 211 Å². The van der Waals surface area contributed by atoms with Crippen LogP contribution in [0.25, 0.3) is 0 Å². The molecule has 0 aliphatic rings. The number of nitriles is 1. The van der Waals surface area contributed by atoms with Gasteiger partial charge in [-0.25, -0.2) is 0 Å². The number of thiol groups is 1. The summed E-state index contributed by atoms with van der Waals surface area (Å²) >= 11 is 4.37. The monoisotopic (exact) mass is 1070 g/mol. The van der Waals surface area contributed by atoms with Gasteiger partial charge in [-0.2, -0.15) is 0 Å². The van der Waals surface area contributed by atoms with Crippen molar-refractivity contribution in [2.75, 3.05) is 0 Å². The summed E-state index contributed by atoms with van der Waals surface area (Å²) in [6.45, 7) is 50.9. The Kier molecular flexibility index (Phi) is 19.0. The van der Waals surface area contributed by atoms with Gasteiger partial charge in [-0.15, -0.1) is 12.6 Å². The van der Waals surface area contributed by atoms with Gasteiger partial charge in [0, 0.05) is 16.0 Å². The molecule has 4 aromatic carbocycles. The van der Waals surface area contributed by atoms with Crippen LogP contribution >= 0.6 is 22.8 Å². The SMILES string of the molecule is CC(C)(C)c1cc(S)cc(C(C)(C)C)c1O.CC(C)(C)c1cc(S[Se]c2cc(C(C)(C)C)c(O)c(C(C)(C)C)c2)cc(C(C)(C)C)c1O.CC(C)(C)c1cc([Se]C#N)cc(C(C)(C)C)c1O. The van der Waals surface area contributed by atoms with Gasteiger partial charge < -0.3 is 5.11 Å². The van der Waals surface area contributed by atoms with Gasteiger partial charge in [0.2, 0.25) is 0 Å². The van der Waals surface area contributed by atoms with E-state index in [0.717, 1.165) is 53.9 Å². The third kappa shape index (κ3) is 16.2. The van der Waals surface area contributed by atoms with Crippen LogP contribution < -0.4 is 8.92 Å². The van der Waals surface area contributed by atoms with Crippen molar-refractivity contribution in [3.63, 3.8) is 0 Å². The molecule has 0 aliphatic carbocycles. The summed E-state index contributed by atoms with van der Waals surface area (Å²) in [6.07, 6.45) is 0. The van der Waals surface area contributed by atoms with Crippen molar-refractivity contribution in [3.05, 3.63) is 93.0 Å². The summed E-state index contributed by atoms with van der Waals surface area (Å²) in [7, 11) is 1.86. The number of hydrogen-bond acceptors (Lipinski definition) is 7. The van der Waals surface area contributed by atoms with Crippen molar-refractivity contribution in [1.82, 2.24) is 0 Å². The Morgan fingerprint density at radius 3 is 0.818 bits per heavy atom. The summed E-state index contributed by atoms with van der Waals surface area (Å²) in [5.74, 6) is 1.66. The van der Waals surface area contributed by atoms with Crippen molar-refractivity contribution in [3.8, 4) is 28.0 Å². The number of rotatable bonds is 4. The van der Waals surface area contributed by atoms with Gasteiger partial charge in [0.05, 0.1) is 0 Å². The fraction of sp³-hybridized carbons (Fsp3) is 0.561. The molecule has 0 radical (unpaired) electrons. The number of phenolic OH excluding ortho intramolecular Hbond substituents is 4. The average molecular weight is 1070 g/mol. The number of benzene rings is 4. The Morgan fingerprint density at radius 1 is 0.379 bits per heavy atom. The molecule has 0 saturated heterocycles. The number of aromatic hydroxyl groups is 4. The minimum atomic E-state index is -0.187. The molecule has 4 aromatic rings. The number of hydrogen-bond donors (Lipinski definition) is 5. The Bertz CT molecular complexity index is 2150. The molecule has 0 heterocycles. The Labute approximate surface area is 423 Å². The van der Waals surface area contributed by atoms with Crippen molar-refractivity contribution in [1.29, 1.82) is 5.26 Å². The fourth-order valence-electron chi connectivity index (χ4n) is 7.32. The molecule has 0 spiro atoms. The van der Waals surface area contributed by atoms with E-state index in [1.54, 1.807) is 0 Å². The van der Waals surface area contributed by atoms with E-state index >= 15 is 0 Å². The van der Waals surface area contributed by atoms with E-state index in [1.807, 2.05) is 34.4 Å². The zero-order valence-corrected chi connectivity index (χ0v) is 50.2. The number of phenols is 4. The summed E-state index contributed by atoms with van der Waals surface area (Å²) in [5.41, 5.74) is 6.92. The van der Waals surface area contributed by atoms with Crippen LogP contribution in [0.3, 0.4) is 0 Å². The maximum atomic E-state index is 11.0. The second-order valence-electron chi connectivity index (χ2n) is 25.9. The molecule has 4 rings (SSSR count). The first-order valence-corrected chi connectivity index (χ1v) is 28.8. The molecule has 0 atom stereocenters. The molecule has 0 fully saturated rings. The van der Waals surface area contributed by atoms with Crippen LogP contribution in [0.5, 0.6) is 23.0 Å². The predicted molar refractivity (Wildman–Crippen MR) is 292 cm³/mol. The molecule has 4 N–H and O–H groups in total. The van der Waals surface area contributed by atoms with E-state index in [2.05, 4.69) is 208 Å². The third-order valence-corrected chi connectivity index (χ3v) is 16.8. The third-order valence-electron chi connectivity index (χ3n) is 11.2. The predicted octanol–water partition coefficient (Wildman–Crippen LogP) is 14.4. The molecule has 66 heavy (non-hydrogen) atoms. The molecule has 9 heteroatoms. The zero-order chi connectivity index (χ0) is 51.7. The van der Waals surface area contributed by atoms with Gasteiger partial charge >= 0.3 is 322 Å². The van der Waals surface area contributed by atoms with Crippen molar-refractivity contribution < 1.29 is 20.4 Å². The molecule has 0 saturated carbocycles. The van der Waals surface area contributed by atoms with E-state index in [1.165, 1.54) is 9.36 Å². The van der Waals surface area contributed by atoms with E-state index in [4.69, 9.17) is 5.26 Å². The Hall–Kier alpha value is -2.69. The molecule has 0 amide bonds. The Balaban J connectivity index is 0.000000372. The van der Waals surface area contributed by atoms with Gasteiger partial charge in [-0.3, -0.25) is 0 Å². The zero-order valence-electron chi connectivity index (χ0n) is 45.0. The summed E-state index contributed by atoms with van der Waals surface area (Å²) in [6, 6.07) is 16.6. The van der Waals surface area contributed by atoms with Gasteiger partial charge in [0.15, 0.2) is 0 Å². The van der Waals surface area contributed by atoms with Crippen molar-refractivity contribution in [2.45, 2.75) is 219 Å². The summed E-state index contributed by atoms with van der Waals surface area (Å²) in [4.78, 5) is 4.35. The van der Waals surface area contributed by atoms with E-state index in [-0.39, 0.29) is 72.1 Å². The first-order valence-electron chi connectivity index (χ1n) is 22.9. The van der Waals surface area contributed by atoms with Gasteiger partial charge in [-0.1, -0.05) is 41.5 Å². The molecule has 366 valence electrons. The topological polar surface area (TPSA) is 105 Å². The molecular formula is C57H85NO4S2Se2. The summed E-state index contributed by atoms with van der Waals surface area (Å²) in [5, 5.41) is 51.8. The van der Waals surface area contributed by atoms with Crippen LogP contribution in [0.4, 0.5) is 0 Å².